The van der Waals surface area contributed by atoms with Gasteiger partial charge in [-0.15, -0.1) is 0 Å². The van der Waals surface area contributed by atoms with Crippen molar-refractivity contribution in [2.45, 2.75) is 36.7 Å². The molecular weight excluding hydrogens is 375 g/mol. The summed E-state index contributed by atoms with van der Waals surface area (Å²) in [5.41, 5.74) is 1.70. The summed E-state index contributed by atoms with van der Waals surface area (Å²) in [7, 11) is 0. The van der Waals surface area contributed by atoms with Crippen molar-refractivity contribution in [3.05, 3.63) is 52.7 Å². The Morgan fingerprint density at radius 2 is 1.93 bits per heavy atom. The number of pyridine rings is 1. The second-order valence-corrected chi connectivity index (χ2v) is 7.49. The predicted octanol–water partition coefficient (Wildman–Crippen LogP) is 4.49. The molecule has 1 amide bonds. The first-order valence-electron chi connectivity index (χ1n) is 8.24. The summed E-state index contributed by atoms with van der Waals surface area (Å²) in [5, 5.41) is 9.45. The maximum Gasteiger partial charge on any atom is 0.416 e. The molecule has 0 radical (unpaired) electrons. The molecule has 1 atom stereocenters. The first-order valence-corrected chi connectivity index (χ1v) is 9.12. The minimum Gasteiger partial charge on any atom is -0.311 e. The van der Waals surface area contributed by atoms with E-state index in [0.717, 1.165) is 23.4 Å². The van der Waals surface area contributed by atoms with Crippen molar-refractivity contribution in [3.8, 4) is 6.07 Å². The van der Waals surface area contributed by atoms with Crippen LogP contribution in [0.5, 0.6) is 0 Å². The van der Waals surface area contributed by atoms with Crippen LogP contribution < -0.4 is 4.90 Å². The largest absolute Gasteiger partial charge is 0.416 e. The first kappa shape index (κ1) is 19.2. The van der Waals surface area contributed by atoms with Crippen LogP contribution in [0.25, 0.3) is 0 Å². The summed E-state index contributed by atoms with van der Waals surface area (Å²) in [5.74, 6) is -0.190. The summed E-state index contributed by atoms with van der Waals surface area (Å²) in [6, 6.07) is 8.51. The maximum absolute atomic E-state index is 12.7. The number of carbonyl (C=O) groups is 1. The average molecular weight is 391 g/mol. The lowest BCUT2D eigenvalue weighted by Gasteiger charge is -2.18. The zero-order valence-corrected chi connectivity index (χ0v) is 15.5. The van der Waals surface area contributed by atoms with Gasteiger partial charge in [0.15, 0.2) is 0 Å². The minimum atomic E-state index is -4.41. The third-order valence-corrected chi connectivity index (χ3v) is 5.58. The zero-order chi connectivity index (χ0) is 19.8. The van der Waals surface area contributed by atoms with E-state index in [2.05, 4.69) is 11.1 Å². The van der Waals surface area contributed by atoms with E-state index in [1.54, 1.807) is 0 Å². The van der Waals surface area contributed by atoms with Gasteiger partial charge in [-0.25, -0.2) is 4.98 Å². The Kier molecular flexibility index (Phi) is 5.16. The third kappa shape index (κ3) is 3.93. The van der Waals surface area contributed by atoms with E-state index in [-0.39, 0.29) is 5.91 Å². The number of carbonyl (C=O) groups excluding carboxylic acids is 1. The van der Waals surface area contributed by atoms with Crippen LogP contribution in [0.1, 0.15) is 28.8 Å². The topological polar surface area (TPSA) is 57.0 Å². The van der Waals surface area contributed by atoms with E-state index >= 15 is 0 Å². The Bertz CT molecular complexity index is 920. The van der Waals surface area contributed by atoms with Gasteiger partial charge in [-0.05, 0) is 56.2 Å². The molecule has 1 aromatic carbocycles. The molecule has 1 saturated heterocycles. The van der Waals surface area contributed by atoms with E-state index in [4.69, 9.17) is 0 Å². The number of thioether (sulfide) groups is 1. The Hall–Kier alpha value is -2.53. The zero-order valence-electron chi connectivity index (χ0n) is 14.7. The molecule has 0 N–H and O–H groups in total. The molecule has 3 rings (SSSR count). The second kappa shape index (κ2) is 7.24. The lowest BCUT2D eigenvalue weighted by molar-refractivity contribution is -0.137. The SMILES string of the molecule is Cc1cc(C)c(C#N)c(S[C@@H]2CCN(c3ccc(C(F)(F)F)cc3)C2=O)n1. The number of alkyl halides is 3. The number of aromatic nitrogens is 1. The second-order valence-electron chi connectivity index (χ2n) is 6.30. The molecule has 27 heavy (non-hydrogen) atoms. The summed E-state index contributed by atoms with van der Waals surface area (Å²) in [6.07, 6.45) is -3.88. The van der Waals surface area contributed by atoms with Gasteiger partial charge >= 0.3 is 6.18 Å². The van der Waals surface area contributed by atoms with Gasteiger partial charge < -0.3 is 4.90 Å². The number of anilines is 1. The van der Waals surface area contributed by atoms with Crippen molar-refractivity contribution in [1.29, 1.82) is 5.26 Å². The Labute approximate surface area is 159 Å². The molecule has 1 fully saturated rings. The van der Waals surface area contributed by atoms with Crippen molar-refractivity contribution in [2.24, 2.45) is 0 Å². The fourth-order valence-corrected chi connectivity index (χ4v) is 4.25. The highest BCUT2D eigenvalue weighted by Crippen LogP contribution is 2.36. The number of halogens is 3. The molecule has 0 unspecified atom stereocenters. The molecular formula is C19H16F3N3OS. The summed E-state index contributed by atoms with van der Waals surface area (Å²) in [6.45, 7) is 4.06. The average Bonchev–Trinajstić information content (AvgIpc) is 2.95. The molecule has 0 spiro atoms. The van der Waals surface area contributed by atoms with Gasteiger partial charge in [-0.2, -0.15) is 18.4 Å². The number of hydrogen-bond donors (Lipinski definition) is 0. The molecule has 1 aliphatic heterocycles. The van der Waals surface area contributed by atoms with Gasteiger partial charge in [-0.1, -0.05) is 11.8 Å². The third-order valence-electron chi connectivity index (χ3n) is 4.34. The highest BCUT2D eigenvalue weighted by Gasteiger charge is 2.35. The molecule has 4 nitrogen and oxygen atoms in total. The van der Waals surface area contributed by atoms with Crippen LogP contribution in [0, 0.1) is 25.2 Å². The van der Waals surface area contributed by atoms with E-state index in [1.165, 1.54) is 28.8 Å². The van der Waals surface area contributed by atoms with E-state index in [1.807, 2.05) is 19.9 Å². The van der Waals surface area contributed by atoms with Crippen molar-refractivity contribution in [1.82, 2.24) is 4.98 Å². The summed E-state index contributed by atoms with van der Waals surface area (Å²) in [4.78, 5) is 18.6. The van der Waals surface area contributed by atoms with Gasteiger partial charge in [-0.3, -0.25) is 4.79 Å². The number of nitrogens with zero attached hydrogens (tertiary/aromatic N) is 3. The number of benzene rings is 1. The minimum absolute atomic E-state index is 0.190. The van der Waals surface area contributed by atoms with Crippen molar-refractivity contribution >= 4 is 23.4 Å². The normalized spacial score (nSPS) is 17.3. The molecule has 2 heterocycles. The van der Waals surface area contributed by atoms with Gasteiger partial charge in [0.05, 0.1) is 16.4 Å². The Balaban J connectivity index is 1.79. The standard InChI is InChI=1S/C19H16F3N3OS/c1-11-9-12(2)24-17(15(11)10-23)27-16-7-8-25(18(16)26)14-5-3-13(4-6-14)19(20,21)22/h3-6,9,16H,7-8H2,1-2H3/t16-/m1/s1. The molecule has 0 aliphatic carbocycles. The number of amides is 1. The molecule has 2 aromatic rings. The first-order chi connectivity index (χ1) is 12.7. The molecule has 0 saturated carbocycles. The van der Waals surface area contributed by atoms with Crippen LogP contribution in [-0.2, 0) is 11.0 Å². The van der Waals surface area contributed by atoms with Gasteiger partial charge in [0.2, 0.25) is 5.91 Å². The van der Waals surface area contributed by atoms with E-state index in [9.17, 15) is 23.2 Å². The number of rotatable bonds is 3. The fourth-order valence-electron chi connectivity index (χ4n) is 3.01. The van der Waals surface area contributed by atoms with Crippen LogP contribution >= 0.6 is 11.8 Å². The van der Waals surface area contributed by atoms with Crippen LogP contribution in [0.3, 0.4) is 0 Å². The lowest BCUT2D eigenvalue weighted by atomic mass is 10.1. The molecule has 0 bridgehead atoms. The fraction of sp³-hybridized carbons (Fsp3) is 0.316. The highest BCUT2D eigenvalue weighted by molar-refractivity contribution is 8.00. The van der Waals surface area contributed by atoms with Crippen LogP contribution in [-0.4, -0.2) is 22.7 Å². The van der Waals surface area contributed by atoms with Crippen LogP contribution in [0.4, 0.5) is 18.9 Å². The molecule has 1 aromatic heterocycles. The van der Waals surface area contributed by atoms with E-state index in [0.29, 0.717) is 29.2 Å². The smallest absolute Gasteiger partial charge is 0.311 e. The lowest BCUT2D eigenvalue weighted by Crippen LogP contribution is -2.28. The maximum atomic E-state index is 12.7. The van der Waals surface area contributed by atoms with Crippen LogP contribution in [0.15, 0.2) is 35.4 Å². The van der Waals surface area contributed by atoms with Crippen molar-refractivity contribution < 1.29 is 18.0 Å². The summed E-state index contributed by atoms with van der Waals surface area (Å²) >= 11 is 1.24. The van der Waals surface area contributed by atoms with Gasteiger partial charge in [0.25, 0.3) is 0 Å². The quantitative estimate of drug-likeness (QED) is 0.774. The summed E-state index contributed by atoms with van der Waals surface area (Å²) < 4.78 is 38.1. The highest BCUT2D eigenvalue weighted by atomic mass is 32.2. The van der Waals surface area contributed by atoms with Gasteiger partial charge in [0.1, 0.15) is 11.1 Å². The predicted molar refractivity (Wildman–Crippen MR) is 96.5 cm³/mol. The Morgan fingerprint density at radius 3 is 2.52 bits per heavy atom. The van der Waals surface area contributed by atoms with Gasteiger partial charge in [0, 0.05) is 17.9 Å². The molecule has 140 valence electrons. The number of aryl methyl sites for hydroxylation is 2. The molecule has 8 heteroatoms. The van der Waals surface area contributed by atoms with Crippen molar-refractivity contribution in [3.63, 3.8) is 0 Å². The number of hydrogen-bond acceptors (Lipinski definition) is 4. The van der Waals surface area contributed by atoms with E-state index < -0.39 is 17.0 Å². The Morgan fingerprint density at radius 1 is 1.26 bits per heavy atom. The van der Waals surface area contributed by atoms with Crippen molar-refractivity contribution in [2.75, 3.05) is 11.4 Å². The van der Waals surface area contributed by atoms with Crippen LogP contribution in [0.2, 0.25) is 0 Å². The molecule has 1 aliphatic rings. The number of nitriles is 1. The monoisotopic (exact) mass is 391 g/mol.